The van der Waals surface area contributed by atoms with Crippen LogP contribution in [0.2, 0.25) is 0 Å². The molecule has 1 saturated heterocycles. The van der Waals surface area contributed by atoms with Crippen LogP contribution in [0.25, 0.3) is 0 Å². The Morgan fingerprint density at radius 1 is 0.506 bits per heavy atom. The maximum Gasteiger partial charge on any atom is 0.306 e. The van der Waals surface area contributed by atoms with Gasteiger partial charge in [0.2, 0.25) is 5.91 Å². The first-order valence-electron chi connectivity index (χ1n) is 31.7. The first kappa shape index (κ1) is 72.1. The van der Waals surface area contributed by atoms with Crippen LogP contribution in [0.1, 0.15) is 271 Å². The van der Waals surface area contributed by atoms with Gasteiger partial charge in [-0.05, 0) is 89.9 Å². The van der Waals surface area contributed by atoms with E-state index in [0.717, 1.165) is 70.6 Å². The Hall–Kier alpha value is -2.90. The van der Waals surface area contributed by atoms with Crippen LogP contribution in [0.4, 0.5) is 0 Å². The SMILES string of the molecule is CCCCC/C=C\C/C=C\C/C=C\C/C=C\CCC(O)C(=O)NC(COC1OC(CO)C(O)C(O)C1OC(=O)CCCCCCCCCCC/C=C/CCCCCCCC)C(O)/C=C/CCCCCCCCCCCCC. The summed E-state index contributed by atoms with van der Waals surface area (Å²) < 4.78 is 17.6. The fourth-order valence-corrected chi connectivity index (χ4v) is 9.52. The zero-order valence-electron chi connectivity index (χ0n) is 49.3. The molecule has 0 spiro atoms. The fourth-order valence-electron chi connectivity index (χ4n) is 9.52. The number of rotatable bonds is 53. The van der Waals surface area contributed by atoms with Crippen molar-refractivity contribution in [3.63, 3.8) is 0 Å². The summed E-state index contributed by atoms with van der Waals surface area (Å²) in [6.45, 7) is 5.73. The van der Waals surface area contributed by atoms with Crippen molar-refractivity contribution in [3.8, 4) is 0 Å². The molecule has 0 aliphatic carbocycles. The Bertz CT molecular complexity index is 1530. The Morgan fingerprint density at radius 2 is 0.896 bits per heavy atom. The van der Waals surface area contributed by atoms with Crippen molar-refractivity contribution in [2.24, 2.45) is 0 Å². The lowest BCUT2D eigenvalue weighted by atomic mass is 9.99. The molecule has 446 valence electrons. The van der Waals surface area contributed by atoms with Crippen LogP contribution in [-0.4, -0.2) is 99.6 Å². The third kappa shape index (κ3) is 41.7. The molecule has 0 radical (unpaired) electrons. The first-order chi connectivity index (χ1) is 37.7. The molecule has 0 aromatic rings. The van der Waals surface area contributed by atoms with Gasteiger partial charge in [0.05, 0.1) is 25.4 Å². The molecular weight excluding hydrogens is 967 g/mol. The van der Waals surface area contributed by atoms with Crippen molar-refractivity contribution in [1.82, 2.24) is 5.32 Å². The molecule has 0 aromatic carbocycles. The van der Waals surface area contributed by atoms with E-state index in [9.17, 15) is 35.1 Å². The monoisotopic (exact) mass is 1080 g/mol. The summed E-state index contributed by atoms with van der Waals surface area (Å²) in [4.78, 5) is 26.5. The third-order valence-corrected chi connectivity index (χ3v) is 14.6. The summed E-state index contributed by atoms with van der Waals surface area (Å²) in [7, 11) is 0. The molecule has 11 nitrogen and oxygen atoms in total. The minimum Gasteiger partial charge on any atom is -0.454 e. The van der Waals surface area contributed by atoms with Gasteiger partial charge in [-0.1, -0.05) is 248 Å². The molecule has 1 fully saturated rings. The predicted molar refractivity (Wildman–Crippen MR) is 319 cm³/mol. The highest BCUT2D eigenvalue weighted by atomic mass is 16.7. The number of aliphatic hydroxyl groups excluding tert-OH is 5. The van der Waals surface area contributed by atoms with Crippen LogP contribution in [0.15, 0.2) is 72.9 Å². The zero-order valence-corrected chi connectivity index (χ0v) is 49.3. The molecule has 1 heterocycles. The largest absolute Gasteiger partial charge is 0.454 e. The van der Waals surface area contributed by atoms with Gasteiger partial charge < -0.3 is 45.1 Å². The molecule has 1 aliphatic rings. The van der Waals surface area contributed by atoms with Crippen molar-refractivity contribution in [2.75, 3.05) is 13.2 Å². The van der Waals surface area contributed by atoms with Crippen molar-refractivity contribution >= 4 is 11.9 Å². The van der Waals surface area contributed by atoms with Gasteiger partial charge in [0.15, 0.2) is 12.4 Å². The molecule has 0 saturated carbocycles. The average Bonchev–Trinajstić information content (AvgIpc) is 3.43. The Kier molecular flexibility index (Phi) is 50.3. The highest BCUT2D eigenvalue weighted by Crippen LogP contribution is 2.26. The van der Waals surface area contributed by atoms with E-state index in [1.165, 1.54) is 154 Å². The van der Waals surface area contributed by atoms with Gasteiger partial charge in [-0.15, -0.1) is 0 Å². The summed E-state index contributed by atoms with van der Waals surface area (Å²) in [6, 6.07) is -1.06. The fraction of sp³-hybridized carbons (Fsp3) is 0.788. The Balaban J connectivity index is 2.72. The molecule has 8 atom stereocenters. The molecule has 0 bridgehead atoms. The first-order valence-corrected chi connectivity index (χ1v) is 31.7. The molecule has 11 heteroatoms. The normalized spacial score (nSPS) is 19.5. The smallest absolute Gasteiger partial charge is 0.306 e. The number of ether oxygens (including phenoxy) is 3. The van der Waals surface area contributed by atoms with Gasteiger partial charge >= 0.3 is 5.97 Å². The summed E-state index contributed by atoms with van der Waals surface area (Å²) in [5, 5.41) is 56.9. The van der Waals surface area contributed by atoms with Crippen LogP contribution in [0.5, 0.6) is 0 Å². The average molecular weight is 1080 g/mol. The van der Waals surface area contributed by atoms with E-state index in [4.69, 9.17) is 14.2 Å². The van der Waals surface area contributed by atoms with Crippen molar-refractivity contribution in [1.29, 1.82) is 0 Å². The lowest BCUT2D eigenvalue weighted by molar-refractivity contribution is -0.305. The highest BCUT2D eigenvalue weighted by Gasteiger charge is 2.47. The lowest BCUT2D eigenvalue weighted by Crippen LogP contribution is -2.61. The van der Waals surface area contributed by atoms with Crippen molar-refractivity contribution < 1.29 is 49.3 Å². The number of hydrogen-bond donors (Lipinski definition) is 6. The maximum atomic E-state index is 13.4. The molecule has 77 heavy (non-hydrogen) atoms. The molecule has 1 amide bonds. The zero-order chi connectivity index (χ0) is 56.1. The predicted octanol–water partition coefficient (Wildman–Crippen LogP) is 15.2. The van der Waals surface area contributed by atoms with E-state index in [2.05, 4.69) is 74.7 Å². The number of nitrogens with one attached hydrogen (secondary N) is 1. The van der Waals surface area contributed by atoms with Gasteiger partial charge in [-0.3, -0.25) is 9.59 Å². The van der Waals surface area contributed by atoms with Crippen molar-refractivity contribution in [3.05, 3.63) is 72.9 Å². The number of amides is 1. The van der Waals surface area contributed by atoms with E-state index < -0.39 is 67.4 Å². The third-order valence-electron chi connectivity index (χ3n) is 14.6. The van der Waals surface area contributed by atoms with Crippen LogP contribution >= 0.6 is 0 Å². The molecular formula is C66H117NO10. The molecule has 6 N–H and O–H groups in total. The van der Waals surface area contributed by atoms with Gasteiger partial charge in [-0.25, -0.2) is 0 Å². The van der Waals surface area contributed by atoms with Gasteiger partial charge in [-0.2, -0.15) is 0 Å². The second-order valence-electron chi connectivity index (χ2n) is 21.8. The molecule has 1 rings (SSSR count). The van der Waals surface area contributed by atoms with Crippen LogP contribution in [-0.2, 0) is 23.8 Å². The van der Waals surface area contributed by atoms with Crippen LogP contribution < -0.4 is 5.32 Å². The number of allylic oxidation sites excluding steroid dienone is 11. The number of hydrogen-bond acceptors (Lipinski definition) is 10. The topological polar surface area (TPSA) is 175 Å². The van der Waals surface area contributed by atoms with Gasteiger partial charge in [0.25, 0.3) is 0 Å². The van der Waals surface area contributed by atoms with Crippen LogP contribution in [0, 0.1) is 0 Å². The minimum atomic E-state index is -1.63. The number of unbranched alkanes of at least 4 members (excludes halogenated alkanes) is 29. The van der Waals surface area contributed by atoms with Crippen molar-refractivity contribution in [2.45, 2.75) is 320 Å². The maximum absolute atomic E-state index is 13.4. The van der Waals surface area contributed by atoms with E-state index in [0.29, 0.717) is 12.8 Å². The van der Waals surface area contributed by atoms with Gasteiger partial charge in [0, 0.05) is 6.42 Å². The Morgan fingerprint density at radius 3 is 1.38 bits per heavy atom. The molecule has 8 unspecified atom stereocenters. The summed E-state index contributed by atoms with van der Waals surface area (Å²) in [5.74, 6) is -1.25. The number of carbonyl (C=O) groups is 2. The quantitative estimate of drug-likeness (QED) is 0.0195. The molecule has 0 aromatic heterocycles. The number of carbonyl (C=O) groups excluding carboxylic acids is 2. The van der Waals surface area contributed by atoms with E-state index in [1.807, 2.05) is 18.2 Å². The highest BCUT2D eigenvalue weighted by molar-refractivity contribution is 5.80. The van der Waals surface area contributed by atoms with Crippen LogP contribution in [0.3, 0.4) is 0 Å². The summed E-state index contributed by atoms with van der Waals surface area (Å²) in [5.41, 5.74) is 0. The number of esters is 1. The second-order valence-corrected chi connectivity index (χ2v) is 21.8. The van der Waals surface area contributed by atoms with E-state index >= 15 is 0 Å². The molecule has 1 aliphatic heterocycles. The van der Waals surface area contributed by atoms with E-state index in [-0.39, 0.29) is 19.4 Å². The summed E-state index contributed by atoms with van der Waals surface area (Å²) in [6.07, 6.45) is 58.0. The lowest BCUT2D eigenvalue weighted by Gasteiger charge is -2.41. The number of aliphatic hydroxyl groups is 5. The van der Waals surface area contributed by atoms with Gasteiger partial charge in [0.1, 0.15) is 24.4 Å². The second kappa shape index (κ2) is 53.7. The Labute approximate surface area is 471 Å². The summed E-state index contributed by atoms with van der Waals surface area (Å²) >= 11 is 0. The minimum absolute atomic E-state index is 0.113. The standard InChI is InChI=1S/C66H117NO10/c1-4-7-10-13-16-19-22-25-27-29-30-31-33-36-39-42-45-48-51-54-61(71)77-64-63(73)62(72)60(55-68)76-66(64)75-56-57(58(69)52-49-46-43-40-37-34-24-21-18-15-12-9-6-3)67-65(74)59(70)53-50-47-44-41-38-35-32-28-26-23-20-17-14-11-8-5-2/h17,20,25-28,35,38,44,47,49,52,57-60,62-64,66,68-70,72-73H,4-16,18-19,21-24,29-34,36-37,39-43,45-46,48,50-51,53-56H2,1-3H3,(H,67,74)/b20-17-,27-25+,28-26-,38-35-,47-44-,52-49+. The van der Waals surface area contributed by atoms with E-state index in [1.54, 1.807) is 6.08 Å².